The van der Waals surface area contributed by atoms with Crippen molar-refractivity contribution in [2.75, 3.05) is 40.9 Å². The molecule has 0 bridgehead atoms. The second-order valence-corrected chi connectivity index (χ2v) is 15.1. The number of aliphatic hydroxyl groups excluding tert-OH is 1. The summed E-state index contributed by atoms with van der Waals surface area (Å²) in [5, 5.41) is 13.6. The molecule has 9 heteroatoms. The molecule has 3 N–H and O–H groups in total. The Hall–Kier alpha value is -1.02. The van der Waals surface area contributed by atoms with Crippen LogP contribution in [0.3, 0.4) is 0 Å². The van der Waals surface area contributed by atoms with Crippen LogP contribution in [0.1, 0.15) is 149 Å². The quantitative estimate of drug-likeness (QED) is 0.0288. The van der Waals surface area contributed by atoms with Crippen molar-refractivity contribution in [2.45, 2.75) is 161 Å². The van der Waals surface area contributed by atoms with E-state index < -0.39 is 20.0 Å². The summed E-state index contributed by atoms with van der Waals surface area (Å²) in [7, 11) is 1.54. The number of unbranched alkanes of at least 4 members (excludes halogenated alkanes) is 18. The Labute approximate surface area is 277 Å². The number of carbonyl (C=O) groups is 1. The number of likely N-dealkylation sites (N-methyl/N-ethyl adjacent to an activating group) is 1. The highest BCUT2D eigenvalue weighted by Gasteiger charge is 2.27. The van der Waals surface area contributed by atoms with Crippen molar-refractivity contribution in [1.82, 2.24) is 5.32 Å². The SMILES string of the molecule is CCCCCCCCC/C=C/C=C/[C@@H](O)[C@H](COP(=O)(O)OCC[N+](C)(C)C)NC(=O)CCCCCCCCCCCCCC. The number of hydrogen-bond donors (Lipinski definition) is 3. The fourth-order valence-corrected chi connectivity index (χ4v) is 5.72. The summed E-state index contributed by atoms with van der Waals surface area (Å²) in [6.07, 6.45) is 31.1. The van der Waals surface area contributed by atoms with Gasteiger partial charge in [0.15, 0.2) is 0 Å². The third-order valence-corrected chi connectivity index (χ3v) is 8.96. The second-order valence-electron chi connectivity index (χ2n) is 13.6. The van der Waals surface area contributed by atoms with Gasteiger partial charge in [0.25, 0.3) is 0 Å². The molecule has 0 fully saturated rings. The lowest BCUT2D eigenvalue weighted by Gasteiger charge is -2.25. The van der Waals surface area contributed by atoms with Gasteiger partial charge in [-0.3, -0.25) is 13.8 Å². The van der Waals surface area contributed by atoms with E-state index in [1.807, 2.05) is 27.2 Å². The van der Waals surface area contributed by atoms with Crippen molar-refractivity contribution in [3.63, 3.8) is 0 Å². The molecule has 0 aliphatic heterocycles. The number of hydrogen-bond acceptors (Lipinski definition) is 5. The Morgan fingerprint density at radius 1 is 0.756 bits per heavy atom. The smallest absolute Gasteiger partial charge is 0.387 e. The lowest BCUT2D eigenvalue weighted by atomic mass is 10.0. The van der Waals surface area contributed by atoms with Gasteiger partial charge in [-0.25, -0.2) is 4.57 Å². The zero-order chi connectivity index (χ0) is 33.7. The number of rotatable bonds is 32. The van der Waals surface area contributed by atoms with E-state index in [0.717, 1.165) is 32.1 Å². The molecule has 1 unspecified atom stereocenters. The van der Waals surface area contributed by atoms with E-state index in [0.29, 0.717) is 17.4 Å². The number of nitrogens with zero attached hydrogens (tertiary/aromatic N) is 1. The lowest BCUT2D eigenvalue weighted by Crippen LogP contribution is -2.45. The molecular formula is C36H72N2O6P+. The first-order valence-corrected chi connectivity index (χ1v) is 19.7. The maximum Gasteiger partial charge on any atom is 0.472 e. The van der Waals surface area contributed by atoms with Crippen LogP contribution in [-0.2, 0) is 18.4 Å². The number of carbonyl (C=O) groups excluding carboxylic acids is 1. The summed E-state index contributed by atoms with van der Waals surface area (Å²) in [5.41, 5.74) is 0. The first kappa shape index (κ1) is 44.0. The van der Waals surface area contributed by atoms with Gasteiger partial charge < -0.3 is 19.8 Å². The number of amides is 1. The van der Waals surface area contributed by atoms with Gasteiger partial charge in [-0.05, 0) is 19.3 Å². The fourth-order valence-electron chi connectivity index (χ4n) is 4.98. The molecule has 0 heterocycles. The maximum absolute atomic E-state index is 12.7. The van der Waals surface area contributed by atoms with Gasteiger partial charge >= 0.3 is 7.82 Å². The number of phosphoric acid groups is 1. The molecule has 0 aromatic carbocycles. The van der Waals surface area contributed by atoms with Crippen molar-refractivity contribution in [3.05, 3.63) is 24.3 Å². The third-order valence-electron chi connectivity index (χ3n) is 7.98. The molecule has 8 nitrogen and oxygen atoms in total. The molecule has 0 aliphatic carbocycles. The zero-order valence-corrected chi connectivity index (χ0v) is 30.8. The molecule has 0 aliphatic rings. The van der Waals surface area contributed by atoms with E-state index in [1.54, 1.807) is 12.2 Å². The van der Waals surface area contributed by atoms with Crippen molar-refractivity contribution in [2.24, 2.45) is 0 Å². The number of phosphoric ester groups is 1. The molecular weight excluding hydrogens is 587 g/mol. The monoisotopic (exact) mass is 660 g/mol. The van der Waals surface area contributed by atoms with Crippen LogP contribution in [0.25, 0.3) is 0 Å². The van der Waals surface area contributed by atoms with Crippen molar-refractivity contribution in [3.8, 4) is 0 Å². The molecule has 0 aromatic heterocycles. The summed E-state index contributed by atoms with van der Waals surface area (Å²) in [6.45, 7) is 4.72. The fraction of sp³-hybridized carbons (Fsp3) is 0.861. The second kappa shape index (κ2) is 29.1. The van der Waals surface area contributed by atoms with Gasteiger partial charge in [0.2, 0.25) is 5.91 Å². The average Bonchev–Trinajstić information content (AvgIpc) is 2.97. The van der Waals surface area contributed by atoms with Crippen molar-refractivity contribution < 1.29 is 32.9 Å². The Morgan fingerprint density at radius 3 is 1.76 bits per heavy atom. The van der Waals surface area contributed by atoms with Crippen LogP contribution in [0, 0.1) is 0 Å². The van der Waals surface area contributed by atoms with E-state index in [4.69, 9.17) is 9.05 Å². The van der Waals surface area contributed by atoms with E-state index in [9.17, 15) is 19.4 Å². The van der Waals surface area contributed by atoms with Crippen molar-refractivity contribution in [1.29, 1.82) is 0 Å². The molecule has 0 spiro atoms. The molecule has 0 saturated carbocycles. The molecule has 3 atom stereocenters. The Kier molecular flexibility index (Phi) is 28.5. The number of nitrogens with one attached hydrogen (secondary N) is 1. The Balaban J connectivity index is 4.63. The minimum absolute atomic E-state index is 0.0548. The van der Waals surface area contributed by atoms with Crippen LogP contribution in [0.2, 0.25) is 0 Å². The third kappa shape index (κ3) is 31.4. The zero-order valence-electron chi connectivity index (χ0n) is 29.9. The van der Waals surface area contributed by atoms with E-state index in [1.165, 1.54) is 96.3 Å². The van der Waals surface area contributed by atoms with Gasteiger partial charge in [-0.1, -0.05) is 147 Å². The Bertz CT molecular complexity index is 799. The summed E-state index contributed by atoms with van der Waals surface area (Å²) >= 11 is 0. The van der Waals surface area contributed by atoms with E-state index in [2.05, 4.69) is 25.2 Å². The van der Waals surface area contributed by atoms with Gasteiger partial charge in [0.05, 0.1) is 39.9 Å². The van der Waals surface area contributed by atoms with E-state index in [-0.39, 0.29) is 19.1 Å². The van der Waals surface area contributed by atoms with Gasteiger partial charge in [-0.2, -0.15) is 0 Å². The predicted octanol–water partition coefficient (Wildman–Crippen LogP) is 9.02. The van der Waals surface area contributed by atoms with Crippen LogP contribution < -0.4 is 5.32 Å². The van der Waals surface area contributed by atoms with Gasteiger partial charge in [0.1, 0.15) is 13.2 Å². The molecule has 0 aromatic rings. The molecule has 266 valence electrons. The molecule has 45 heavy (non-hydrogen) atoms. The summed E-state index contributed by atoms with van der Waals surface area (Å²) in [6, 6.07) is -0.870. The van der Waals surface area contributed by atoms with Crippen LogP contribution in [0.5, 0.6) is 0 Å². The highest BCUT2D eigenvalue weighted by molar-refractivity contribution is 7.47. The lowest BCUT2D eigenvalue weighted by molar-refractivity contribution is -0.870. The maximum atomic E-state index is 12.7. The number of allylic oxidation sites excluding steroid dienone is 3. The average molecular weight is 660 g/mol. The van der Waals surface area contributed by atoms with Gasteiger partial charge in [-0.15, -0.1) is 0 Å². The standard InChI is InChI=1S/C36H71N2O6P/c1-6-8-10-12-14-16-18-20-22-24-26-28-30-36(40)37-34(33-44-45(41,42)43-32-31-38(3,4)5)35(39)29-27-25-23-21-19-17-15-13-11-9-7-2/h23,25,27,29,34-35,39H,6-22,24,26,28,30-33H2,1-5H3,(H-,37,40,41,42)/p+1/b25-23+,29-27+/t34-,35+/m0/s1. The first-order chi connectivity index (χ1) is 21.5. The normalized spacial score (nSPS) is 15.1. The van der Waals surface area contributed by atoms with Crippen LogP contribution in [0.4, 0.5) is 0 Å². The Morgan fingerprint density at radius 2 is 1.24 bits per heavy atom. The summed E-state index contributed by atoms with van der Waals surface area (Å²) in [5.74, 6) is -0.198. The number of aliphatic hydroxyl groups is 1. The molecule has 0 radical (unpaired) electrons. The van der Waals surface area contributed by atoms with Gasteiger partial charge in [0, 0.05) is 6.42 Å². The summed E-state index contributed by atoms with van der Waals surface area (Å²) < 4.78 is 23.3. The first-order valence-electron chi connectivity index (χ1n) is 18.2. The van der Waals surface area contributed by atoms with E-state index >= 15 is 0 Å². The molecule has 1 amide bonds. The topological polar surface area (TPSA) is 105 Å². The van der Waals surface area contributed by atoms with Crippen molar-refractivity contribution >= 4 is 13.7 Å². The minimum Gasteiger partial charge on any atom is -0.387 e. The molecule has 0 saturated heterocycles. The molecule has 0 rings (SSSR count). The highest BCUT2D eigenvalue weighted by atomic mass is 31.2. The predicted molar refractivity (Wildman–Crippen MR) is 189 cm³/mol. The largest absolute Gasteiger partial charge is 0.472 e. The minimum atomic E-state index is -4.33. The number of quaternary nitrogens is 1. The summed E-state index contributed by atoms with van der Waals surface area (Å²) in [4.78, 5) is 22.9. The van der Waals surface area contributed by atoms with Crippen LogP contribution >= 0.6 is 7.82 Å². The van der Waals surface area contributed by atoms with Crippen LogP contribution in [0.15, 0.2) is 24.3 Å². The van der Waals surface area contributed by atoms with Crippen LogP contribution in [-0.4, -0.2) is 73.4 Å². The highest BCUT2D eigenvalue weighted by Crippen LogP contribution is 2.43.